The number of piperidine rings is 1. The Morgan fingerprint density at radius 1 is 1.55 bits per heavy atom. The molecule has 0 spiro atoms. The molecule has 1 aromatic rings. The first kappa shape index (κ1) is 15.3. The fourth-order valence-electron chi connectivity index (χ4n) is 2.87. The van der Waals surface area contributed by atoms with Gasteiger partial charge >= 0.3 is 0 Å². The van der Waals surface area contributed by atoms with E-state index < -0.39 is 0 Å². The number of halogens is 1. The van der Waals surface area contributed by atoms with Crippen molar-refractivity contribution in [2.45, 2.75) is 26.7 Å². The zero-order valence-corrected chi connectivity index (χ0v) is 13.2. The SMILES string of the molecule is CCN1CCCC(CN(C)c2nc(C)[nH]c(=O)c2Cl)C1. The van der Waals surface area contributed by atoms with Crippen LogP contribution in [0.3, 0.4) is 0 Å². The minimum Gasteiger partial charge on any atom is -0.358 e. The number of hydrogen-bond donors (Lipinski definition) is 1. The molecule has 1 atom stereocenters. The predicted molar refractivity (Wildman–Crippen MR) is 82.7 cm³/mol. The van der Waals surface area contributed by atoms with Gasteiger partial charge in [-0.05, 0) is 38.8 Å². The highest BCUT2D eigenvalue weighted by Crippen LogP contribution is 2.22. The molecule has 0 aliphatic carbocycles. The van der Waals surface area contributed by atoms with Gasteiger partial charge in [0.25, 0.3) is 5.56 Å². The average molecular weight is 299 g/mol. The van der Waals surface area contributed by atoms with Gasteiger partial charge in [-0.15, -0.1) is 0 Å². The summed E-state index contributed by atoms with van der Waals surface area (Å²) in [6.07, 6.45) is 2.46. The van der Waals surface area contributed by atoms with Gasteiger partial charge < -0.3 is 14.8 Å². The van der Waals surface area contributed by atoms with Gasteiger partial charge in [-0.3, -0.25) is 4.79 Å². The van der Waals surface area contributed by atoms with Crippen LogP contribution >= 0.6 is 11.6 Å². The number of aromatic nitrogens is 2. The summed E-state index contributed by atoms with van der Waals surface area (Å²) in [6.45, 7) is 8.26. The van der Waals surface area contributed by atoms with Crippen LogP contribution in [0.15, 0.2) is 4.79 Å². The molecule has 0 radical (unpaired) electrons. The number of nitrogens with zero attached hydrogens (tertiary/aromatic N) is 3. The standard InChI is InChI=1S/C14H23ClN4O/c1-4-19-7-5-6-11(9-19)8-18(3)13-12(15)14(20)17-10(2)16-13/h11H,4-9H2,1-3H3,(H,16,17,20). The Labute approximate surface area is 124 Å². The second-order valence-electron chi connectivity index (χ2n) is 5.57. The lowest BCUT2D eigenvalue weighted by Crippen LogP contribution is -2.40. The molecule has 1 fully saturated rings. The summed E-state index contributed by atoms with van der Waals surface area (Å²) in [5, 5.41) is 0.182. The average Bonchev–Trinajstić information content (AvgIpc) is 2.43. The Balaban J connectivity index is 2.08. The zero-order valence-electron chi connectivity index (χ0n) is 12.4. The van der Waals surface area contributed by atoms with Gasteiger partial charge in [0.2, 0.25) is 0 Å². The third kappa shape index (κ3) is 3.52. The van der Waals surface area contributed by atoms with Crippen molar-refractivity contribution in [1.29, 1.82) is 0 Å². The Kier molecular flexibility index (Phi) is 5.05. The molecule has 0 aromatic carbocycles. The van der Waals surface area contributed by atoms with Gasteiger partial charge in [-0.1, -0.05) is 18.5 Å². The van der Waals surface area contributed by atoms with Crippen LogP contribution in [0.2, 0.25) is 5.02 Å². The maximum Gasteiger partial charge on any atom is 0.271 e. The molecule has 1 unspecified atom stereocenters. The van der Waals surface area contributed by atoms with Crippen LogP contribution < -0.4 is 10.5 Å². The summed E-state index contributed by atoms with van der Waals surface area (Å²) < 4.78 is 0. The number of anilines is 1. The molecule has 1 aliphatic rings. The quantitative estimate of drug-likeness (QED) is 0.922. The Morgan fingerprint density at radius 2 is 2.30 bits per heavy atom. The van der Waals surface area contributed by atoms with Crippen LogP contribution in [-0.4, -0.2) is 48.1 Å². The first-order valence-corrected chi connectivity index (χ1v) is 7.59. The molecule has 112 valence electrons. The van der Waals surface area contributed by atoms with E-state index in [2.05, 4.69) is 21.8 Å². The fourth-order valence-corrected chi connectivity index (χ4v) is 3.10. The van der Waals surface area contributed by atoms with Crippen LogP contribution in [0.4, 0.5) is 5.82 Å². The molecule has 1 aliphatic heterocycles. The number of hydrogen-bond acceptors (Lipinski definition) is 4. The van der Waals surface area contributed by atoms with E-state index in [0.29, 0.717) is 17.6 Å². The Hall–Kier alpha value is -1.07. The van der Waals surface area contributed by atoms with Gasteiger partial charge in [-0.2, -0.15) is 0 Å². The minimum absolute atomic E-state index is 0.182. The lowest BCUT2D eigenvalue weighted by atomic mass is 9.97. The van der Waals surface area contributed by atoms with E-state index in [-0.39, 0.29) is 10.6 Å². The number of H-pyrrole nitrogens is 1. The lowest BCUT2D eigenvalue weighted by molar-refractivity contribution is 0.185. The van der Waals surface area contributed by atoms with E-state index >= 15 is 0 Å². The third-order valence-electron chi connectivity index (χ3n) is 3.91. The maximum absolute atomic E-state index is 11.7. The minimum atomic E-state index is -0.264. The summed E-state index contributed by atoms with van der Waals surface area (Å²) in [6, 6.07) is 0. The highest BCUT2D eigenvalue weighted by molar-refractivity contribution is 6.32. The highest BCUT2D eigenvalue weighted by Gasteiger charge is 2.22. The van der Waals surface area contributed by atoms with Crippen LogP contribution in [-0.2, 0) is 0 Å². The maximum atomic E-state index is 11.7. The number of likely N-dealkylation sites (tertiary alicyclic amines) is 1. The highest BCUT2D eigenvalue weighted by atomic mass is 35.5. The predicted octanol–water partition coefficient (Wildman–Crippen LogP) is 1.90. The van der Waals surface area contributed by atoms with Crippen molar-refractivity contribution < 1.29 is 0 Å². The number of aromatic amines is 1. The van der Waals surface area contributed by atoms with Crippen molar-refractivity contribution in [3.63, 3.8) is 0 Å². The first-order chi connectivity index (χ1) is 9.51. The van der Waals surface area contributed by atoms with Crippen LogP contribution in [0, 0.1) is 12.8 Å². The Bertz CT molecular complexity index is 516. The molecule has 0 amide bonds. The summed E-state index contributed by atoms with van der Waals surface area (Å²) in [5.41, 5.74) is -0.264. The normalized spacial score (nSPS) is 20.1. The van der Waals surface area contributed by atoms with E-state index in [4.69, 9.17) is 11.6 Å². The van der Waals surface area contributed by atoms with Crippen molar-refractivity contribution in [2.75, 3.05) is 38.1 Å². The summed E-state index contributed by atoms with van der Waals surface area (Å²) in [5.74, 6) is 1.78. The van der Waals surface area contributed by atoms with Gasteiger partial charge in [0.15, 0.2) is 5.82 Å². The van der Waals surface area contributed by atoms with Gasteiger partial charge in [0.1, 0.15) is 10.8 Å². The molecule has 0 bridgehead atoms. The van der Waals surface area contributed by atoms with Crippen molar-refractivity contribution in [2.24, 2.45) is 5.92 Å². The molecular formula is C14H23ClN4O. The van der Waals surface area contributed by atoms with Crippen molar-refractivity contribution in [3.8, 4) is 0 Å². The fraction of sp³-hybridized carbons (Fsp3) is 0.714. The van der Waals surface area contributed by atoms with Gasteiger partial charge in [0, 0.05) is 20.1 Å². The topological polar surface area (TPSA) is 52.2 Å². The monoisotopic (exact) mass is 298 g/mol. The molecule has 2 rings (SSSR count). The van der Waals surface area contributed by atoms with E-state index in [1.54, 1.807) is 6.92 Å². The smallest absolute Gasteiger partial charge is 0.271 e. The van der Waals surface area contributed by atoms with Crippen molar-refractivity contribution >= 4 is 17.4 Å². The molecule has 6 heteroatoms. The van der Waals surface area contributed by atoms with Crippen LogP contribution in [0.25, 0.3) is 0 Å². The number of nitrogens with one attached hydrogen (secondary N) is 1. The van der Waals surface area contributed by atoms with Gasteiger partial charge in [0.05, 0.1) is 0 Å². The molecule has 0 saturated carbocycles. The van der Waals surface area contributed by atoms with E-state index in [1.165, 1.54) is 19.4 Å². The van der Waals surface area contributed by atoms with E-state index in [1.807, 2.05) is 11.9 Å². The lowest BCUT2D eigenvalue weighted by Gasteiger charge is -2.34. The van der Waals surface area contributed by atoms with Crippen LogP contribution in [0.5, 0.6) is 0 Å². The second-order valence-corrected chi connectivity index (χ2v) is 5.95. The van der Waals surface area contributed by atoms with E-state index in [9.17, 15) is 4.79 Å². The summed E-state index contributed by atoms with van der Waals surface area (Å²) in [7, 11) is 1.96. The number of rotatable bonds is 4. The number of aryl methyl sites for hydroxylation is 1. The Morgan fingerprint density at radius 3 is 3.00 bits per heavy atom. The molecule has 1 saturated heterocycles. The molecule has 1 aromatic heterocycles. The molecule has 5 nitrogen and oxygen atoms in total. The van der Waals surface area contributed by atoms with Crippen LogP contribution in [0.1, 0.15) is 25.6 Å². The van der Waals surface area contributed by atoms with Gasteiger partial charge in [-0.25, -0.2) is 4.98 Å². The zero-order chi connectivity index (χ0) is 14.7. The molecule has 2 heterocycles. The van der Waals surface area contributed by atoms with E-state index in [0.717, 1.165) is 19.6 Å². The first-order valence-electron chi connectivity index (χ1n) is 7.21. The third-order valence-corrected chi connectivity index (χ3v) is 4.25. The summed E-state index contributed by atoms with van der Waals surface area (Å²) >= 11 is 6.08. The van der Waals surface area contributed by atoms with Crippen molar-refractivity contribution in [1.82, 2.24) is 14.9 Å². The molecular weight excluding hydrogens is 276 g/mol. The summed E-state index contributed by atoms with van der Waals surface area (Å²) in [4.78, 5) is 23.2. The molecule has 1 N–H and O–H groups in total. The largest absolute Gasteiger partial charge is 0.358 e. The second kappa shape index (κ2) is 6.59. The molecule has 20 heavy (non-hydrogen) atoms. The van der Waals surface area contributed by atoms with Crippen molar-refractivity contribution in [3.05, 3.63) is 21.2 Å².